The molecule has 2 aliphatic rings. The fourth-order valence-corrected chi connectivity index (χ4v) is 4.65. The second kappa shape index (κ2) is 7.02. The first-order valence-electron chi connectivity index (χ1n) is 9.51. The summed E-state index contributed by atoms with van der Waals surface area (Å²) in [7, 11) is 0. The van der Waals surface area contributed by atoms with E-state index in [1.807, 2.05) is 0 Å². The van der Waals surface area contributed by atoms with Crippen LogP contribution in [0, 0.1) is 19.3 Å². The molecule has 0 saturated carbocycles. The molecule has 3 rings (SSSR count). The number of carboxylic acids is 1. The molecule has 0 radical (unpaired) electrons. The summed E-state index contributed by atoms with van der Waals surface area (Å²) < 4.78 is 2.05. The monoisotopic (exact) mass is 362 g/mol. The summed E-state index contributed by atoms with van der Waals surface area (Å²) in [4.78, 5) is 27.4. The number of likely N-dealkylation sites (tertiary alicyclic amines) is 2. The maximum absolute atomic E-state index is 11.8. The lowest BCUT2D eigenvalue weighted by atomic mass is 9.76. The van der Waals surface area contributed by atoms with Gasteiger partial charge in [0, 0.05) is 37.8 Å². The van der Waals surface area contributed by atoms with E-state index in [-0.39, 0.29) is 11.3 Å². The molecule has 1 amide bonds. The highest BCUT2D eigenvalue weighted by atomic mass is 16.4. The highest BCUT2D eigenvalue weighted by molar-refractivity contribution is 5.83. The minimum absolute atomic E-state index is 0.0388. The molecule has 2 aliphatic heterocycles. The Morgan fingerprint density at radius 2 is 1.92 bits per heavy atom. The number of rotatable bonds is 4. The molecule has 144 valence electrons. The highest BCUT2D eigenvalue weighted by Gasteiger charge is 2.49. The van der Waals surface area contributed by atoms with Crippen molar-refractivity contribution >= 4 is 11.9 Å². The van der Waals surface area contributed by atoms with E-state index in [0.717, 1.165) is 44.7 Å². The van der Waals surface area contributed by atoms with Gasteiger partial charge >= 0.3 is 5.97 Å². The van der Waals surface area contributed by atoms with Crippen molar-refractivity contribution in [2.45, 2.75) is 66.1 Å². The minimum Gasteiger partial charge on any atom is -0.480 e. The first kappa shape index (κ1) is 18.9. The minimum atomic E-state index is -0.877. The van der Waals surface area contributed by atoms with E-state index in [4.69, 9.17) is 0 Å². The lowest BCUT2D eigenvalue weighted by molar-refractivity contribution is -0.147. The summed E-state index contributed by atoms with van der Waals surface area (Å²) in [5, 5.41) is 14.1. The number of carbonyl (C=O) groups is 2. The Labute approximate surface area is 155 Å². The first-order valence-corrected chi connectivity index (χ1v) is 9.51. The average Bonchev–Trinajstić information content (AvgIpc) is 3.10. The van der Waals surface area contributed by atoms with Crippen LogP contribution in [0.2, 0.25) is 0 Å². The predicted molar refractivity (Wildman–Crippen MR) is 97.7 cm³/mol. The van der Waals surface area contributed by atoms with E-state index in [2.05, 4.69) is 35.5 Å². The average molecular weight is 362 g/mol. The van der Waals surface area contributed by atoms with Crippen LogP contribution in [0.3, 0.4) is 0 Å². The second-order valence-corrected chi connectivity index (χ2v) is 7.95. The lowest BCUT2D eigenvalue weighted by Gasteiger charge is -2.39. The third kappa shape index (κ3) is 3.37. The fraction of sp³-hybridized carbons (Fsp3) is 0.737. The van der Waals surface area contributed by atoms with E-state index in [1.54, 1.807) is 4.90 Å². The van der Waals surface area contributed by atoms with Crippen molar-refractivity contribution in [3.63, 3.8) is 0 Å². The summed E-state index contributed by atoms with van der Waals surface area (Å²) in [5.74, 6) is -1.01. The van der Waals surface area contributed by atoms with Crippen LogP contribution in [0.25, 0.3) is 0 Å². The molecule has 1 aromatic rings. The standard InChI is InChI=1S/C19H30N4O3/c1-5-23-14(3)16(13(2)20-23)11-21-8-6-19(7-9-21)10-17(18(25)26)22(12-19)15(4)24/h17H,5-12H2,1-4H3,(H,25,26)/t17-/m1/s1. The number of hydrogen-bond donors (Lipinski definition) is 1. The van der Waals surface area contributed by atoms with Crippen molar-refractivity contribution in [3.05, 3.63) is 17.0 Å². The van der Waals surface area contributed by atoms with Crippen molar-refractivity contribution in [3.8, 4) is 0 Å². The van der Waals surface area contributed by atoms with Crippen LogP contribution in [0.15, 0.2) is 0 Å². The van der Waals surface area contributed by atoms with Crippen LogP contribution in [0.1, 0.15) is 50.1 Å². The molecule has 2 saturated heterocycles. The normalized spacial score (nSPS) is 22.9. The van der Waals surface area contributed by atoms with E-state index in [0.29, 0.717) is 13.0 Å². The number of amides is 1. The molecule has 26 heavy (non-hydrogen) atoms. The number of carbonyl (C=O) groups excluding carboxylic acids is 1. The second-order valence-electron chi connectivity index (χ2n) is 7.95. The lowest BCUT2D eigenvalue weighted by Crippen LogP contribution is -2.42. The summed E-state index contributed by atoms with van der Waals surface area (Å²) in [5.41, 5.74) is 3.60. The molecule has 1 N–H and O–H groups in total. The molecule has 7 heteroatoms. The highest BCUT2D eigenvalue weighted by Crippen LogP contribution is 2.43. The smallest absolute Gasteiger partial charge is 0.326 e. The van der Waals surface area contributed by atoms with Gasteiger partial charge in [-0.3, -0.25) is 14.4 Å². The number of aromatic nitrogens is 2. The van der Waals surface area contributed by atoms with E-state index >= 15 is 0 Å². The van der Waals surface area contributed by atoms with Gasteiger partial charge in [-0.2, -0.15) is 5.10 Å². The van der Waals surface area contributed by atoms with Crippen LogP contribution >= 0.6 is 0 Å². The summed E-state index contributed by atoms with van der Waals surface area (Å²) in [6.45, 7) is 12.0. The quantitative estimate of drug-likeness (QED) is 0.884. The Hall–Kier alpha value is -1.89. The number of aryl methyl sites for hydroxylation is 2. The molecule has 1 spiro atoms. The topological polar surface area (TPSA) is 78.7 Å². The number of piperidine rings is 1. The van der Waals surface area contributed by atoms with Crippen molar-refractivity contribution in [2.75, 3.05) is 19.6 Å². The van der Waals surface area contributed by atoms with Gasteiger partial charge in [0.25, 0.3) is 0 Å². The molecule has 0 aromatic carbocycles. The van der Waals surface area contributed by atoms with Gasteiger partial charge in [0.15, 0.2) is 0 Å². The van der Waals surface area contributed by atoms with Crippen molar-refractivity contribution in [2.24, 2.45) is 5.41 Å². The predicted octanol–water partition coefficient (Wildman–Crippen LogP) is 1.81. The van der Waals surface area contributed by atoms with Crippen LogP contribution in [0.4, 0.5) is 0 Å². The molecular formula is C19H30N4O3. The third-order valence-electron chi connectivity index (χ3n) is 6.33. The zero-order chi connectivity index (χ0) is 19.1. The van der Waals surface area contributed by atoms with Gasteiger partial charge in [-0.25, -0.2) is 4.79 Å². The van der Waals surface area contributed by atoms with E-state index in [9.17, 15) is 14.7 Å². The Bertz CT molecular complexity index is 680. The van der Waals surface area contributed by atoms with E-state index in [1.165, 1.54) is 18.2 Å². The number of aliphatic carboxylic acids is 1. The first-order chi connectivity index (χ1) is 12.3. The van der Waals surface area contributed by atoms with Crippen LogP contribution in [0.5, 0.6) is 0 Å². The van der Waals surface area contributed by atoms with Gasteiger partial charge in [0.05, 0.1) is 5.69 Å². The Morgan fingerprint density at radius 3 is 2.38 bits per heavy atom. The molecular weight excluding hydrogens is 332 g/mol. The maximum Gasteiger partial charge on any atom is 0.326 e. The largest absolute Gasteiger partial charge is 0.480 e. The molecule has 0 bridgehead atoms. The van der Waals surface area contributed by atoms with Gasteiger partial charge in [-0.15, -0.1) is 0 Å². The molecule has 1 atom stereocenters. The Balaban J connectivity index is 1.65. The Morgan fingerprint density at radius 1 is 1.27 bits per heavy atom. The fourth-order valence-electron chi connectivity index (χ4n) is 4.65. The van der Waals surface area contributed by atoms with Crippen molar-refractivity contribution < 1.29 is 14.7 Å². The zero-order valence-electron chi connectivity index (χ0n) is 16.3. The van der Waals surface area contributed by atoms with Gasteiger partial charge in [0.2, 0.25) is 5.91 Å². The molecule has 2 fully saturated rings. The van der Waals surface area contributed by atoms with Crippen LogP contribution < -0.4 is 0 Å². The van der Waals surface area contributed by atoms with Gasteiger partial charge in [-0.1, -0.05) is 0 Å². The van der Waals surface area contributed by atoms with Crippen molar-refractivity contribution in [1.82, 2.24) is 19.6 Å². The van der Waals surface area contributed by atoms with E-state index < -0.39 is 12.0 Å². The molecule has 3 heterocycles. The third-order valence-corrected chi connectivity index (χ3v) is 6.33. The van der Waals surface area contributed by atoms with Gasteiger partial charge in [0.1, 0.15) is 6.04 Å². The number of nitrogens with zero attached hydrogens (tertiary/aromatic N) is 4. The summed E-state index contributed by atoms with van der Waals surface area (Å²) in [6.07, 6.45) is 2.47. The maximum atomic E-state index is 11.8. The SMILES string of the molecule is CCn1nc(C)c(CN2CCC3(CC2)C[C@H](C(=O)O)N(C(C)=O)C3)c1C. The number of hydrogen-bond acceptors (Lipinski definition) is 4. The number of carboxylic acid groups (broad SMARTS) is 1. The Kier molecular flexibility index (Phi) is 5.10. The van der Waals surface area contributed by atoms with Gasteiger partial charge < -0.3 is 10.0 Å². The molecule has 1 aromatic heterocycles. The van der Waals surface area contributed by atoms with Crippen molar-refractivity contribution in [1.29, 1.82) is 0 Å². The zero-order valence-corrected chi connectivity index (χ0v) is 16.3. The van der Waals surface area contributed by atoms with Crippen LogP contribution in [-0.4, -0.2) is 62.2 Å². The van der Waals surface area contributed by atoms with Crippen LogP contribution in [-0.2, 0) is 22.7 Å². The molecule has 0 unspecified atom stereocenters. The molecule has 7 nitrogen and oxygen atoms in total. The summed E-state index contributed by atoms with van der Waals surface area (Å²) in [6, 6.07) is -0.661. The van der Waals surface area contributed by atoms with Gasteiger partial charge in [-0.05, 0) is 58.5 Å². The molecule has 0 aliphatic carbocycles. The summed E-state index contributed by atoms with van der Waals surface area (Å²) >= 11 is 0.